The van der Waals surface area contributed by atoms with Gasteiger partial charge in [-0.3, -0.25) is 10.1 Å². The fourth-order valence-electron chi connectivity index (χ4n) is 2.27. The summed E-state index contributed by atoms with van der Waals surface area (Å²) in [5.74, 6) is 0.965. The molecule has 3 rings (SSSR count). The Morgan fingerprint density at radius 1 is 1.44 bits per heavy atom. The maximum absolute atomic E-state index is 12.2. The minimum absolute atomic E-state index is 0.0896. The summed E-state index contributed by atoms with van der Waals surface area (Å²) in [7, 11) is 0. The fraction of sp³-hybridized carbons (Fsp3) is 0.750. The van der Waals surface area contributed by atoms with E-state index in [2.05, 4.69) is 20.8 Å². The zero-order chi connectivity index (χ0) is 12.6. The molecule has 1 saturated heterocycles. The van der Waals surface area contributed by atoms with Gasteiger partial charge in [0.1, 0.15) is 0 Å². The topological polar surface area (TPSA) is 80.1 Å². The lowest BCUT2D eigenvalue weighted by Gasteiger charge is -2.32. The average Bonchev–Trinajstić information content (AvgIpc) is 3.11. The predicted octanol–water partition coefficient (Wildman–Crippen LogP) is 1.42. The highest BCUT2D eigenvalue weighted by atomic mass is 16.4. The van der Waals surface area contributed by atoms with Crippen LogP contribution in [0.2, 0.25) is 0 Å². The van der Waals surface area contributed by atoms with Gasteiger partial charge in [-0.15, -0.1) is 5.10 Å². The Kier molecular flexibility index (Phi) is 2.81. The van der Waals surface area contributed by atoms with E-state index in [1.54, 1.807) is 0 Å². The van der Waals surface area contributed by atoms with Crippen molar-refractivity contribution in [3.63, 3.8) is 0 Å². The lowest BCUT2D eigenvalue weighted by molar-refractivity contribution is -0.122. The highest BCUT2D eigenvalue weighted by Gasteiger charge is 2.35. The molecule has 2 fully saturated rings. The van der Waals surface area contributed by atoms with Crippen LogP contribution < -0.4 is 10.6 Å². The SMILES string of the molecule is CC1(C(=O)Nc2nnc(C3CC3)o2)CCCCN1. The van der Waals surface area contributed by atoms with Crippen LogP contribution in [0.1, 0.15) is 50.8 Å². The van der Waals surface area contributed by atoms with Gasteiger partial charge in [0.2, 0.25) is 11.8 Å². The van der Waals surface area contributed by atoms with E-state index in [0.717, 1.165) is 38.6 Å². The molecule has 6 heteroatoms. The summed E-state index contributed by atoms with van der Waals surface area (Å²) in [5.41, 5.74) is -0.521. The number of nitrogens with zero attached hydrogens (tertiary/aromatic N) is 2. The molecule has 98 valence electrons. The molecule has 1 saturated carbocycles. The van der Waals surface area contributed by atoms with Gasteiger partial charge in [0.05, 0.1) is 5.54 Å². The van der Waals surface area contributed by atoms with Crippen LogP contribution in [0.3, 0.4) is 0 Å². The standard InChI is InChI=1S/C12H18N4O2/c1-12(6-2-3-7-13-12)10(17)14-11-16-15-9(18-11)8-4-5-8/h8,13H,2-7H2,1H3,(H,14,16,17). The van der Waals surface area contributed by atoms with Gasteiger partial charge in [-0.2, -0.15) is 0 Å². The minimum Gasteiger partial charge on any atom is -0.408 e. The second-order valence-electron chi connectivity index (χ2n) is 5.39. The maximum Gasteiger partial charge on any atom is 0.322 e. The Hall–Kier alpha value is -1.43. The molecule has 1 aliphatic carbocycles. The highest BCUT2D eigenvalue weighted by Crippen LogP contribution is 2.39. The van der Waals surface area contributed by atoms with E-state index in [1.165, 1.54) is 0 Å². The lowest BCUT2D eigenvalue weighted by atomic mass is 9.90. The van der Waals surface area contributed by atoms with Crippen molar-refractivity contribution in [1.29, 1.82) is 0 Å². The van der Waals surface area contributed by atoms with Crippen molar-refractivity contribution in [3.05, 3.63) is 5.89 Å². The summed E-state index contributed by atoms with van der Waals surface area (Å²) in [5, 5.41) is 13.8. The molecule has 0 bridgehead atoms. The molecular formula is C12H18N4O2. The molecule has 18 heavy (non-hydrogen) atoms. The van der Waals surface area contributed by atoms with Crippen molar-refractivity contribution in [3.8, 4) is 0 Å². The number of carbonyl (C=O) groups is 1. The third-order valence-electron chi connectivity index (χ3n) is 3.71. The number of nitrogens with one attached hydrogen (secondary N) is 2. The second-order valence-corrected chi connectivity index (χ2v) is 5.39. The number of piperidine rings is 1. The third kappa shape index (κ3) is 2.25. The Balaban J connectivity index is 1.65. The summed E-state index contributed by atoms with van der Waals surface area (Å²) in [6.07, 6.45) is 5.23. The van der Waals surface area contributed by atoms with Crippen LogP contribution in [0.15, 0.2) is 4.42 Å². The number of aromatic nitrogens is 2. The van der Waals surface area contributed by atoms with Gasteiger partial charge in [0.25, 0.3) is 0 Å². The van der Waals surface area contributed by atoms with Crippen LogP contribution in [0, 0.1) is 0 Å². The maximum atomic E-state index is 12.2. The van der Waals surface area contributed by atoms with Gasteiger partial charge in [-0.05, 0) is 45.6 Å². The molecule has 0 aromatic carbocycles. The van der Waals surface area contributed by atoms with Crippen molar-refractivity contribution in [1.82, 2.24) is 15.5 Å². The first-order chi connectivity index (χ1) is 8.67. The van der Waals surface area contributed by atoms with Gasteiger partial charge in [0.15, 0.2) is 0 Å². The number of hydrogen-bond acceptors (Lipinski definition) is 5. The Labute approximate surface area is 106 Å². The molecule has 0 radical (unpaired) electrons. The van der Waals surface area contributed by atoms with Gasteiger partial charge >= 0.3 is 6.01 Å². The monoisotopic (exact) mass is 250 g/mol. The fourth-order valence-corrected chi connectivity index (χ4v) is 2.27. The van der Waals surface area contributed by atoms with Gasteiger partial charge < -0.3 is 9.73 Å². The van der Waals surface area contributed by atoms with Crippen LogP contribution in [-0.4, -0.2) is 28.2 Å². The van der Waals surface area contributed by atoms with Crippen LogP contribution >= 0.6 is 0 Å². The van der Waals surface area contributed by atoms with E-state index in [-0.39, 0.29) is 11.9 Å². The van der Waals surface area contributed by atoms with Gasteiger partial charge in [-0.25, -0.2) is 0 Å². The molecule has 2 N–H and O–H groups in total. The van der Waals surface area contributed by atoms with Crippen molar-refractivity contribution < 1.29 is 9.21 Å². The molecule has 1 aromatic rings. The summed E-state index contributed by atoms with van der Waals surface area (Å²) >= 11 is 0. The van der Waals surface area contributed by atoms with E-state index in [1.807, 2.05) is 6.92 Å². The minimum atomic E-state index is -0.521. The molecular weight excluding hydrogens is 232 g/mol. The van der Waals surface area contributed by atoms with Crippen molar-refractivity contribution in [2.24, 2.45) is 0 Å². The molecule has 2 aliphatic rings. The first-order valence-electron chi connectivity index (χ1n) is 6.57. The van der Waals surface area contributed by atoms with Crippen molar-refractivity contribution >= 4 is 11.9 Å². The Morgan fingerprint density at radius 3 is 2.94 bits per heavy atom. The molecule has 2 heterocycles. The van der Waals surface area contributed by atoms with Crippen molar-refractivity contribution in [2.75, 3.05) is 11.9 Å². The predicted molar refractivity (Wildman–Crippen MR) is 65.2 cm³/mol. The van der Waals surface area contributed by atoms with Crippen LogP contribution in [-0.2, 0) is 4.79 Å². The van der Waals surface area contributed by atoms with E-state index >= 15 is 0 Å². The molecule has 1 aromatic heterocycles. The Morgan fingerprint density at radius 2 is 2.28 bits per heavy atom. The number of rotatable bonds is 3. The van der Waals surface area contributed by atoms with Crippen LogP contribution in [0.25, 0.3) is 0 Å². The molecule has 1 aliphatic heterocycles. The smallest absolute Gasteiger partial charge is 0.322 e. The first kappa shape index (κ1) is 11.6. The number of amides is 1. The van der Waals surface area contributed by atoms with Gasteiger partial charge in [-0.1, -0.05) is 5.10 Å². The van der Waals surface area contributed by atoms with Crippen LogP contribution in [0.5, 0.6) is 0 Å². The zero-order valence-corrected chi connectivity index (χ0v) is 10.5. The largest absolute Gasteiger partial charge is 0.408 e. The molecule has 0 spiro atoms. The van der Waals surface area contributed by atoms with E-state index in [9.17, 15) is 4.79 Å². The van der Waals surface area contributed by atoms with Crippen molar-refractivity contribution in [2.45, 2.75) is 50.5 Å². The molecule has 6 nitrogen and oxygen atoms in total. The second kappa shape index (κ2) is 4.35. The summed E-state index contributed by atoms with van der Waals surface area (Å²) in [4.78, 5) is 12.2. The number of hydrogen-bond donors (Lipinski definition) is 2. The average molecular weight is 250 g/mol. The number of anilines is 1. The zero-order valence-electron chi connectivity index (χ0n) is 10.5. The van der Waals surface area contributed by atoms with Gasteiger partial charge in [0, 0.05) is 5.92 Å². The van der Waals surface area contributed by atoms with Crippen LogP contribution in [0.4, 0.5) is 6.01 Å². The lowest BCUT2D eigenvalue weighted by Crippen LogP contribution is -2.54. The van der Waals surface area contributed by atoms with E-state index < -0.39 is 5.54 Å². The van der Waals surface area contributed by atoms with E-state index in [0.29, 0.717) is 11.8 Å². The summed E-state index contributed by atoms with van der Waals surface area (Å²) < 4.78 is 5.43. The molecule has 1 unspecified atom stereocenters. The highest BCUT2D eigenvalue weighted by molar-refractivity contribution is 5.96. The first-order valence-corrected chi connectivity index (χ1v) is 6.57. The third-order valence-corrected chi connectivity index (χ3v) is 3.71. The molecule has 1 atom stereocenters. The van der Waals surface area contributed by atoms with E-state index in [4.69, 9.17) is 4.42 Å². The summed E-state index contributed by atoms with van der Waals surface area (Å²) in [6.45, 7) is 2.79. The molecule has 1 amide bonds. The Bertz CT molecular complexity index is 447. The summed E-state index contributed by atoms with van der Waals surface area (Å²) in [6, 6.07) is 0.218. The normalized spacial score (nSPS) is 28.1. The quantitative estimate of drug-likeness (QED) is 0.848. The number of carbonyl (C=O) groups excluding carboxylic acids is 1.